The Kier molecular flexibility index (Phi) is 3.72. The van der Waals surface area contributed by atoms with Gasteiger partial charge in [0, 0.05) is 19.7 Å². The van der Waals surface area contributed by atoms with Crippen LogP contribution in [0.4, 0.5) is 17.6 Å². The molecule has 0 saturated heterocycles. The van der Waals surface area contributed by atoms with Crippen LogP contribution in [0.15, 0.2) is 6.07 Å². The minimum absolute atomic E-state index is 0.0556. The molecule has 0 spiro atoms. The number of rotatable bonds is 4. The Morgan fingerprint density at radius 3 is 2.59 bits per heavy atom. The van der Waals surface area contributed by atoms with Gasteiger partial charge in [-0.2, -0.15) is 9.97 Å². The first-order valence-corrected chi connectivity index (χ1v) is 5.21. The molecule has 0 aliphatic carbocycles. The van der Waals surface area contributed by atoms with Crippen LogP contribution in [-0.2, 0) is 4.79 Å². The average molecular weight is 238 g/mol. The summed E-state index contributed by atoms with van der Waals surface area (Å²) in [6.45, 7) is 4.07. The number of nitrogens with one attached hydrogen (secondary N) is 2. The Morgan fingerprint density at radius 2 is 2.06 bits per heavy atom. The number of nitrogens with two attached hydrogens (primary N) is 2. The number of aromatic nitrogens is 2. The van der Waals surface area contributed by atoms with Crippen LogP contribution in [0.2, 0.25) is 0 Å². The molecule has 1 aromatic heterocycles. The van der Waals surface area contributed by atoms with Crippen LogP contribution in [-0.4, -0.2) is 29.5 Å². The zero-order valence-electron chi connectivity index (χ0n) is 10.2. The minimum Gasteiger partial charge on any atom is -0.383 e. The Morgan fingerprint density at radius 1 is 1.41 bits per heavy atom. The molecule has 0 bridgehead atoms. The Hall–Kier alpha value is -2.05. The maximum Gasteiger partial charge on any atom is 0.227 e. The molecule has 0 aromatic carbocycles. The van der Waals surface area contributed by atoms with Gasteiger partial charge in [0.25, 0.3) is 0 Å². The number of nitrogen functional groups attached to an aromatic ring is 2. The molecular weight excluding hydrogens is 220 g/mol. The lowest BCUT2D eigenvalue weighted by Crippen LogP contribution is -2.39. The molecule has 0 radical (unpaired) electrons. The summed E-state index contributed by atoms with van der Waals surface area (Å²) >= 11 is 0. The third-order valence-electron chi connectivity index (χ3n) is 2.32. The Labute approximate surface area is 100 Å². The fraction of sp³-hybridized carbons (Fsp3) is 0.500. The zero-order valence-corrected chi connectivity index (χ0v) is 10.2. The van der Waals surface area contributed by atoms with Crippen LogP contribution < -0.4 is 22.1 Å². The van der Waals surface area contributed by atoms with Gasteiger partial charge in [0.15, 0.2) is 0 Å². The van der Waals surface area contributed by atoms with E-state index in [0.29, 0.717) is 12.4 Å². The Balaban J connectivity index is 2.70. The molecular formula is C10H18N6O. The highest BCUT2D eigenvalue weighted by atomic mass is 16.2. The minimum atomic E-state index is -0.552. The van der Waals surface area contributed by atoms with Gasteiger partial charge in [0.1, 0.15) is 11.6 Å². The highest BCUT2D eigenvalue weighted by Crippen LogP contribution is 2.17. The summed E-state index contributed by atoms with van der Waals surface area (Å²) in [6, 6.07) is 1.57. The molecule has 1 rings (SSSR count). The van der Waals surface area contributed by atoms with Crippen molar-refractivity contribution in [1.82, 2.24) is 15.3 Å². The van der Waals surface area contributed by atoms with Crippen molar-refractivity contribution in [2.24, 2.45) is 5.41 Å². The van der Waals surface area contributed by atoms with Crippen LogP contribution >= 0.6 is 0 Å². The lowest BCUT2D eigenvalue weighted by molar-refractivity contribution is -0.128. The molecule has 0 atom stereocenters. The summed E-state index contributed by atoms with van der Waals surface area (Å²) in [4.78, 5) is 19.3. The third kappa shape index (κ3) is 3.47. The molecule has 7 heteroatoms. The summed E-state index contributed by atoms with van der Waals surface area (Å²) in [6.07, 6.45) is 0. The fourth-order valence-electron chi connectivity index (χ4n) is 1.31. The van der Waals surface area contributed by atoms with Crippen molar-refractivity contribution < 1.29 is 4.79 Å². The lowest BCUT2D eigenvalue weighted by Gasteiger charge is -2.23. The second-order valence-electron chi connectivity index (χ2n) is 4.35. The summed E-state index contributed by atoms with van der Waals surface area (Å²) in [5.41, 5.74) is 10.4. The van der Waals surface area contributed by atoms with E-state index in [2.05, 4.69) is 20.6 Å². The molecule has 17 heavy (non-hydrogen) atoms. The van der Waals surface area contributed by atoms with E-state index in [4.69, 9.17) is 11.5 Å². The van der Waals surface area contributed by atoms with E-state index in [1.165, 1.54) is 0 Å². The van der Waals surface area contributed by atoms with E-state index < -0.39 is 5.41 Å². The average Bonchev–Trinajstić information content (AvgIpc) is 2.24. The molecule has 0 fully saturated rings. The van der Waals surface area contributed by atoms with Crippen molar-refractivity contribution in [1.29, 1.82) is 0 Å². The standard InChI is InChI=1S/C10H18N6O/c1-10(2,8(17)13-3)5-14-7-4-6(11)15-9(12)16-7/h4H,5H2,1-3H3,(H,13,17)(H5,11,12,14,15,16). The van der Waals surface area contributed by atoms with Crippen LogP contribution in [0.1, 0.15) is 13.8 Å². The van der Waals surface area contributed by atoms with E-state index in [1.54, 1.807) is 13.1 Å². The number of hydrogen-bond acceptors (Lipinski definition) is 6. The first kappa shape index (κ1) is 13.0. The number of carbonyl (C=O) groups excluding carboxylic acids is 1. The van der Waals surface area contributed by atoms with E-state index in [1.807, 2.05) is 13.8 Å². The van der Waals surface area contributed by atoms with Crippen molar-refractivity contribution in [3.8, 4) is 0 Å². The van der Waals surface area contributed by atoms with Crippen molar-refractivity contribution in [2.75, 3.05) is 30.4 Å². The second-order valence-corrected chi connectivity index (χ2v) is 4.35. The monoisotopic (exact) mass is 238 g/mol. The van der Waals surface area contributed by atoms with Gasteiger partial charge >= 0.3 is 0 Å². The number of anilines is 3. The summed E-state index contributed by atoms with van der Waals surface area (Å²) < 4.78 is 0. The maximum absolute atomic E-state index is 11.6. The summed E-state index contributed by atoms with van der Waals surface area (Å²) in [7, 11) is 1.60. The van der Waals surface area contributed by atoms with Gasteiger partial charge in [-0.05, 0) is 13.8 Å². The molecule has 1 heterocycles. The van der Waals surface area contributed by atoms with Crippen LogP contribution in [0, 0.1) is 5.41 Å². The van der Waals surface area contributed by atoms with E-state index in [0.717, 1.165) is 0 Å². The van der Waals surface area contributed by atoms with Crippen molar-refractivity contribution in [2.45, 2.75) is 13.8 Å². The molecule has 1 aromatic rings. The molecule has 0 saturated carbocycles. The van der Waals surface area contributed by atoms with E-state index in [9.17, 15) is 4.79 Å². The molecule has 0 aliphatic heterocycles. The van der Waals surface area contributed by atoms with Crippen LogP contribution in [0.5, 0.6) is 0 Å². The highest BCUT2D eigenvalue weighted by molar-refractivity contribution is 5.82. The predicted octanol–water partition coefficient (Wildman–Crippen LogP) is -0.175. The number of carbonyl (C=O) groups is 1. The van der Waals surface area contributed by atoms with Gasteiger partial charge < -0.3 is 22.1 Å². The van der Waals surface area contributed by atoms with Crippen LogP contribution in [0.3, 0.4) is 0 Å². The predicted molar refractivity (Wildman–Crippen MR) is 67.2 cm³/mol. The first-order chi connectivity index (χ1) is 7.85. The maximum atomic E-state index is 11.6. The van der Waals surface area contributed by atoms with Gasteiger partial charge in [-0.1, -0.05) is 0 Å². The van der Waals surface area contributed by atoms with E-state index >= 15 is 0 Å². The zero-order chi connectivity index (χ0) is 13.1. The van der Waals surface area contributed by atoms with Gasteiger partial charge in [0.05, 0.1) is 5.41 Å². The number of nitrogens with zero attached hydrogens (tertiary/aromatic N) is 2. The van der Waals surface area contributed by atoms with Gasteiger partial charge in [-0.15, -0.1) is 0 Å². The summed E-state index contributed by atoms with van der Waals surface area (Å²) in [5, 5.41) is 5.61. The molecule has 94 valence electrons. The Bertz CT molecular complexity index is 397. The smallest absolute Gasteiger partial charge is 0.227 e. The number of amides is 1. The van der Waals surface area contributed by atoms with Gasteiger partial charge in [0.2, 0.25) is 11.9 Å². The van der Waals surface area contributed by atoms with Crippen molar-refractivity contribution in [3.05, 3.63) is 6.07 Å². The normalized spacial score (nSPS) is 11.0. The topological polar surface area (TPSA) is 119 Å². The lowest BCUT2D eigenvalue weighted by atomic mass is 9.92. The van der Waals surface area contributed by atoms with Crippen molar-refractivity contribution in [3.63, 3.8) is 0 Å². The largest absolute Gasteiger partial charge is 0.383 e. The molecule has 0 aliphatic rings. The van der Waals surface area contributed by atoms with Crippen molar-refractivity contribution >= 4 is 23.5 Å². The van der Waals surface area contributed by atoms with Gasteiger partial charge in [-0.25, -0.2) is 0 Å². The molecule has 7 nitrogen and oxygen atoms in total. The van der Waals surface area contributed by atoms with Gasteiger partial charge in [-0.3, -0.25) is 4.79 Å². The second kappa shape index (κ2) is 4.86. The SMILES string of the molecule is CNC(=O)C(C)(C)CNc1cc(N)nc(N)n1. The highest BCUT2D eigenvalue weighted by Gasteiger charge is 2.26. The fourth-order valence-corrected chi connectivity index (χ4v) is 1.31. The number of hydrogen-bond donors (Lipinski definition) is 4. The molecule has 0 unspecified atom stereocenters. The summed E-state index contributed by atoms with van der Waals surface area (Å²) in [5.74, 6) is 0.843. The molecule has 6 N–H and O–H groups in total. The molecule has 1 amide bonds. The van der Waals surface area contributed by atoms with E-state index in [-0.39, 0.29) is 17.7 Å². The van der Waals surface area contributed by atoms with Crippen LogP contribution in [0.25, 0.3) is 0 Å². The first-order valence-electron chi connectivity index (χ1n) is 5.21. The quantitative estimate of drug-likeness (QED) is 0.578. The third-order valence-corrected chi connectivity index (χ3v) is 2.32.